The first-order valence-electron chi connectivity index (χ1n) is 4.11. The third-order valence-electron chi connectivity index (χ3n) is 2.44. The normalized spacial score (nSPS) is 31.3. The first-order valence-corrected chi connectivity index (χ1v) is 4.11. The van der Waals surface area contributed by atoms with Crippen LogP contribution in [0.3, 0.4) is 0 Å². The van der Waals surface area contributed by atoms with E-state index in [2.05, 4.69) is 6.58 Å². The summed E-state index contributed by atoms with van der Waals surface area (Å²) < 4.78 is 0. The molecule has 0 bridgehead atoms. The van der Waals surface area contributed by atoms with Gasteiger partial charge in [-0.3, -0.25) is 4.79 Å². The van der Waals surface area contributed by atoms with Crippen LogP contribution in [0, 0.1) is 11.8 Å². The SMILES string of the molecule is C=CC1CCCCC1C(=O)O. The molecule has 0 amide bonds. The van der Waals surface area contributed by atoms with Crippen molar-refractivity contribution in [3.8, 4) is 0 Å². The molecule has 1 saturated carbocycles. The van der Waals surface area contributed by atoms with Crippen LogP contribution in [0.15, 0.2) is 12.7 Å². The standard InChI is InChI=1S/C9H14O2/c1-2-7-5-3-4-6-8(7)9(10)11/h2,7-8H,1,3-6H2,(H,10,11). The zero-order valence-corrected chi connectivity index (χ0v) is 6.62. The van der Waals surface area contributed by atoms with Crippen molar-refractivity contribution >= 4 is 5.97 Å². The fourth-order valence-corrected chi connectivity index (χ4v) is 1.75. The summed E-state index contributed by atoms with van der Waals surface area (Å²) in [4.78, 5) is 10.7. The molecule has 0 aromatic carbocycles. The third-order valence-corrected chi connectivity index (χ3v) is 2.44. The topological polar surface area (TPSA) is 37.3 Å². The molecule has 0 spiro atoms. The fourth-order valence-electron chi connectivity index (χ4n) is 1.75. The van der Waals surface area contributed by atoms with Gasteiger partial charge in [0.2, 0.25) is 0 Å². The summed E-state index contributed by atoms with van der Waals surface area (Å²) >= 11 is 0. The summed E-state index contributed by atoms with van der Waals surface area (Å²) in [5.41, 5.74) is 0. The van der Waals surface area contributed by atoms with Crippen molar-refractivity contribution in [1.82, 2.24) is 0 Å². The first kappa shape index (κ1) is 8.31. The van der Waals surface area contributed by atoms with Gasteiger partial charge in [0.05, 0.1) is 5.92 Å². The van der Waals surface area contributed by atoms with Crippen molar-refractivity contribution in [2.75, 3.05) is 0 Å². The van der Waals surface area contributed by atoms with E-state index in [1.54, 1.807) is 6.08 Å². The Balaban J connectivity index is 2.58. The number of hydrogen-bond acceptors (Lipinski definition) is 1. The Morgan fingerprint density at radius 1 is 1.45 bits per heavy atom. The minimum atomic E-state index is -0.658. The van der Waals surface area contributed by atoms with Crippen molar-refractivity contribution in [1.29, 1.82) is 0 Å². The van der Waals surface area contributed by atoms with E-state index < -0.39 is 5.97 Å². The molecule has 0 radical (unpaired) electrons. The van der Waals surface area contributed by atoms with Gasteiger partial charge in [0.15, 0.2) is 0 Å². The zero-order valence-electron chi connectivity index (χ0n) is 6.62. The lowest BCUT2D eigenvalue weighted by atomic mass is 9.79. The lowest BCUT2D eigenvalue weighted by molar-refractivity contribution is -0.144. The van der Waals surface area contributed by atoms with E-state index in [0.29, 0.717) is 0 Å². The predicted octanol–water partition coefficient (Wildman–Crippen LogP) is 2.06. The summed E-state index contributed by atoms with van der Waals surface area (Å²) in [7, 11) is 0. The molecule has 2 nitrogen and oxygen atoms in total. The van der Waals surface area contributed by atoms with Gasteiger partial charge in [-0.25, -0.2) is 0 Å². The molecule has 2 atom stereocenters. The number of carboxylic acid groups (broad SMARTS) is 1. The first-order chi connectivity index (χ1) is 5.25. The van der Waals surface area contributed by atoms with Gasteiger partial charge in [0, 0.05) is 0 Å². The Bertz CT molecular complexity index is 163. The third kappa shape index (κ3) is 1.82. The van der Waals surface area contributed by atoms with Gasteiger partial charge in [0.1, 0.15) is 0 Å². The second kappa shape index (κ2) is 3.56. The lowest BCUT2D eigenvalue weighted by Gasteiger charge is -2.25. The molecule has 2 unspecified atom stereocenters. The summed E-state index contributed by atoms with van der Waals surface area (Å²) in [5.74, 6) is -0.614. The van der Waals surface area contributed by atoms with Gasteiger partial charge < -0.3 is 5.11 Å². The molecule has 0 heterocycles. The Kier molecular flexibility index (Phi) is 2.69. The van der Waals surface area contributed by atoms with E-state index in [1.165, 1.54) is 0 Å². The van der Waals surface area contributed by atoms with Gasteiger partial charge in [-0.1, -0.05) is 18.9 Å². The Morgan fingerprint density at radius 3 is 2.55 bits per heavy atom. The van der Waals surface area contributed by atoms with Crippen LogP contribution in [0.1, 0.15) is 25.7 Å². The highest BCUT2D eigenvalue weighted by molar-refractivity contribution is 5.70. The van der Waals surface area contributed by atoms with E-state index >= 15 is 0 Å². The van der Waals surface area contributed by atoms with Crippen molar-refractivity contribution in [3.05, 3.63) is 12.7 Å². The van der Waals surface area contributed by atoms with Gasteiger partial charge in [0.25, 0.3) is 0 Å². The molecule has 2 heteroatoms. The highest BCUT2D eigenvalue weighted by Crippen LogP contribution is 2.30. The maximum Gasteiger partial charge on any atom is 0.307 e. The number of aliphatic carboxylic acids is 1. The fraction of sp³-hybridized carbons (Fsp3) is 0.667. The van der Waals surface area contributed by atoms with E-state index in [9.17, 15) is 4.79 Å². The van der Waals surface area contributed by atoms with Crippen LogP contribution in [-0.2, 0) is 4.79 Å². The molecule has 62 valence electrons. The Morgan fingerprint density at radius 2 is 2.09 bits per heavy atom. The van der Waals surface area contributed by atoms with E-state index in [1.807, 2.05) is 0 Å². The predicted molar refractivity (Wildman–Crippen MR) is 43.3 cm³/mol. The molecule has 1 fully saturated rings. The quantitative estimate of drug-likeness (QED) is 0.618. The van der Waals surface area contributed by atoms with Crippen LogP contribution >= 0.6 is 0 Å². The molecule has 0 aromatic heterocycles. The largest absolute Gasteiger partial charge is 0.481 e. The molecule has 0 aliphatic heterocycles. The second-order valence-corrected chi connectivity index (χ2v) is 3.13. The molecule has 11 heavy (non-hydrogen) atoms. The summed E-state index contributed by atoms with van der Waals surface area (Å²) in [6.45, 7) is 3.65. The second-order valence-electron chi connectivity index (χ2n) is 3.13. The van der Waals surface area contributed by atoms with Crippen LogP contribution in [-0.4, -0.2) is 11.1 Å². The van der Waals surface area contributed by atoms with Crippen molar-refractivity contribution in [2.24, 2.45) is 11.8 Å². The molecular formula is C9H14O2. The highest BCUT2D eigenvalue weighted by atomic mass is 16.4. The number of hydrogen-bond donors (Lipinski definition) is 1. The minimum Gasteiger partial charge on any atom is -0.481 e. The van der Waals surface area contributed by atoms with Gasteiger partial charge in [-0.2, -0.15) is 0 Å². The molecule has 0 saturated heterocycles. The summed E-state index contributed by atoms with van der Waals surface area (Å²) in [6.07, 6.45) is 5.83. The summed E-state index contributed by atoms with van der Waals surface area (Å²) in [6, 6.07) is 0. The maximum atomic E-state index is 10.7. The van der Waals surface area contributed by atoms with Crippen molar-refractivity contribution in [3.63, 3.8) is 0 Å². The van der Waals surface area contributed by atoms with Crippen LogP contribution in [0.5, 0.6) is 0 Å². The molecule has 1 N–H and O–H groups in total. The van der Waals surface area contributed by atoms with Gasteiger partial charge >= 0.3 is 5.97 Å². The van der Waals surface area contributed by atoms with E-state index in [4.69, 9.17) is 5.11 Å². The summed E-state index contributed by atoms with van der Waals surface area (Å²) in [5, 5.41) is 8.79. The maximum absolute atomic E-state index is 10.7. The van der Waals surface area contributed by atoms with Crippen LogP contribution in [0.25, 0.3) is 0 Å². The smallest absolute Gasteiger partial charge is 0.307 e. The molecule has 1 aliphatic carbocycles. The van der Waals surface area contributed by atoms with E-state index in [-0.39, 0.29) is 11.8 Å². The average molecular weight is 154 g/mol. The Labute approximate surface area is 66.9 Å². The zero-order chi connectivity index (χ0) is 8.27. The number of rotatable bonds is 2. The number of carboxylic acids is 1. The van der Waals surface area contributed by atoms with Gasteiger partial charge in [-0.05, 0) is 18.8 Å². The Hall–Kier alpha value is -0.790. The van der Waals surface area contributed by atoms with Crippen LogP contribution < -0.4 is 0 Å². The molecule has 1 rings (SSSR count). The number of allylic oxidation sites excluding steroid dienone is 1. The monoisotopic (exact) mass is 154 g/mol. The minimum absolute atomic E-state index is 0.166. The van der Waals surface area contributed by atoms with Crippen molar-refractivity contribution < 1.29 is 9.90 Å². The van der Waals surface area contributed by atoms with Crippen LogP contribution in [0.2, 0.25) is 0 Å². The molecule has 1 aliphatic rings. The average Bonchev–Trinajstić information content (AvgIpc) is 2.04. The molecular weight excluding hydrogens is 140 g/mol. The molecule has 0 aromatic rings. The van der Waals surface area contributed by atoms with Crippen LogP contribution in [0.4, 0.5) is 0 Å². The number of carbonyl (C=O) groups is 1. The van der Waals surface area contributed by atoms with Gasteiger partial charge in [-0.15, -0.1) is 6.58 Å². The van der Waals surface area contributed by atoms with Crippen molar-refractivity contribution in [2.45, 2.75) is 25.7 Å². The van der Waals surface area contributed by atoms with E-state index in [0.717, 1.165) is 25.7 Å². The highest BCUT2D eigenvalue weighted by Gasteiger charge is 2.28. The lowest BCUT2D eigenvalue weighted by Crippen LogP contribution is -2.25.